The molecular weight excluding hydrogens is 250 g/mol. The van der Waals surface area contributed by atoms with E-state index in [2.05, 4.69) is 5.32 Å². The lowest BCUT2D eigenvalue weighted by atomic mass is 10.1. The van der Waals surface area contributed by atoms with Gasteiger partial charge < -0.3 is 10.4 Å². The highest BCUT2D eigenvalue weighted by atomic mass is 35.5. The number of benzene rings is 1. The van der Waals surface area contributed by atoms with Crippen molar-refractivity contribution in [2.45, 2.75) is 31.7 Å². The lowest BCUT2D eigenvalue weighted by Gasteiger charge is -2.20. The molecule has 3 rings (SSSR count). The zero-order valence-corrected chi connectivity index (χ0v) is 10.8. The van der Waals surface area contributed by atoms with Crippen molar-refractivity contribution < 1.29 is 9.90 Å². The van der Waals surface area contributed by atoms with Crippen molar-refractivity contribution in [3.63, 3.8) is 0 Å². The normalized spacial score (nSPS) is 19.0. The van der Waals surface area contributed by atoms with Crippen LogP contribution in [0.2, 0.25) is 5.02 Å². The van der Waals surface area contributed by atoms with E-state index in [1.54, 1.807) is 12.1 Å². The molecule has 0 unspecified atom stereocenters. The second-order valence-electron chi connectivity index (χ2n) is 5.31. The number of carboxylic acid groups (broad SMARTS) is 1. The molecule has 2 aliphatic carbocycles. The third kappa shape index (κ3) is 2.32. The molecule has 2 fully saturated rings. The van der Waals surface area contributed by atoms with Crippen molar-refractivity contribution >= 4 is 23.3 Å². The quantitative estimate of drug-likeness (QED) is 0.855. The van der Waals surface area contributed by atoms with Crippen LogP contribution in [0.25, 0.3) is 0 Å². The van der Waals surface area contributed by atoms with Crippen LogP contribution in [0, 0.1) is 11.8 Å². The average Bonchev–Trinajstić information content (AvgIpc) is 3.17. The molecule has 2 saturated carbocycles. The van der Waals surface area contributed by atoms with Gasteiger partial charge in [-0.3, -0.25) is 0 Å². The highest BCUT2D eigenvalue weighted by molar-refractivity contribution is 6.34. The summed E-state index contributed by atoms with van der Waals surface area (Å²) in [5.41, 5.74) is 0.865. The lowest BCUT2D eigenvalue weighted by molar-refractivity contribution is 0.0698. The number of carboxylic acids is 1. The maximum Gasteiger partial charge on any atom is 0.339 e. The van der Waals surface area contributed by atoms with Gasteiger partial charge in [0.25, 0.3) is 0 Å². The summed E-state index contributed by atoms with van der Waals surface area (Å²) in [6, 6.07) is 5.67. The Labute approximate surface area is 111 Å². The molecule has 0 bridgehead atoms. The maximum atomic E-state index is 11.3. The van der Waals surface area contributed by atoms with Gasteiger partial charge in [0, 0.05) is 6.04 Å². The fourth-order valence-corrected chi connectivity index (χ4v) is 2.83. The van der Waals surface area contributed by atoms with Crippen LogP contribution in [0.1, 0.15) is 36.0 Å². The molecule has 96 valence electrons. The number of aromatic carboxylic acids is 1. The summed E-state index contributed by atoms with van der Waals surface area (Å²) in [6.45, 7) is 0. The van der Waals surface area contributed by atoms with Crippen molar-refractivity contribution in [2.75, 3.05) is 5.32 Å². The molecule has 0 radical (unpaired) electrons. The lowest BCUT2D eigenvalue weighted by Crippen LogP contribution is -2.25. The molecule has 1 aromatic carbocycles. The van der Waals surface area contributed by atoms with Crippen LogP contribution in [0.3, 0.4) is 0 Å². The second-order valence-corrected chi connectivity index (χ2v) is 5.72. The van der Waals surface area contributed by atoms with E-state index < -0.39 is 5.97 Å². The van der Waals surface area contributed by atoms with E-state index in [9.17, 15) is 9.90 Å². The molecule has 0 atom stereocenters. The van der Waals surface area contributed by atoms with Gasteiger partial charge >= 0.3 is 5.97 Å². The summed E-state index contributed by atoms with van der Waals surface area (Å²) in [7, 11) is 0. The Morgan fingerprint density at radius 3 is 2.39 bits per heavy atom. The Bertz CT molecular complexity index is 469. The number of nitrogens with one attached hydrogen (secondary N) is 1. The van der Waals surface area contributed by atoms with E-state index in [1.807, 2.05) is 6.07 Å². The Hall–Kier alpha value is -1.22. The zero-order valence-electron chi connectivity index (χ0n) is 10.0. The third-order valence-electron chi connectivity index (χ3n) is 3.81. The largest absolute Gasteiger partial charge is 0.478 e. The number of rotatable bonds is 5. The van der Waals surface area contributed by atoms with Gasteiger partial charge in [0.1, 0.15) is 5.56 Å². The average molecular weight is 266 g/mol. The van der Waals surface area contributed by atoms with Crippen LogP contribution in [0.15, 0.2) is 18.2 Å². The summed E-state index contributed by atoms with van der Waals surface area (Å²) in [6.07, 6.45) is 5.04. The van der Waals surface area contributed by atoms with Crippen molar-refractivity contribution in [1.82, 2.24) is 0 Å². The molecule has 2 aliphatic rings. The Morgan fingerprint density at radius 2 is 1.89 bits per heavy atom. The van der Waals surface area contributed by atoms with E-state index >= 15 is 0 Å². The number of hydrogen-bond donors (Lipinski definition) is 2. The number of anilines is 1. The molecule has 1 aromatic rings. The van der Waals surface area contributed by atoms with Gasteiger partial charge in [-0.2, -0.15) is 0 Å². The van der Waals surface area contributed by atoms with E-state index in [0.717, 1.165) is 11.8 Å². The van der Waals surface area contributed by atoms with Gasteiger partial charge in [-0.05, 0) is 49.7 Å². The molecule has 0 heterocycles. The Morgan fingerprint density at radius 1 is 1.28 bits per heavy atom. The van der Waals surface area contributed by atoms with Crippen LogP contribution in [-0.2, 0) is 0 Å². The first-order valence-electron chi connectivity index (χ1n) is 6.45. The molecule has 0 aromatic heterocycles. The Kier molecular flexibility index (Phi) is 2.94. The Balaban J connectivity index is 1.86. The summed E-state index contributed by atoms with van der Waals surface area (Å²) in [5, 5.41) is 13.0. The summed E-state index contributed by atoms with van der Waals surface area (Å²) < 4.78 is 0. The standard InChI is InChI=1S/C14H16ClNO2/c15-10-2-1-3-11(12(10)14(17)18)16-13(8-4-5-8)9-6-7-9/h1-3,8-9,13,16H,4-7H2,(H,17,18). The topological polar surface area (TPSA) is 49.3 Å². The molecule has 0 spiro atoms. The molecule has 2 N–H and O–H groups in total. The second kappa shape index (κ2) is 4.47. The molecule has 0 amide bonds. The van der Waals surface area contributed by atoms with Gasteiger partial charge in [0.15, 0.2) is 0 Å². The van der Waals surface area contributed by atoms with Gasteiger partial charge in [0.05, 0.1) is 10.7 Å². The van der Waals surface area contributed by atoms with Crippen molar-refractivity contribution in [3.05, 3.63) is 28.8 Å². The highest BCUT2D eigenvalue weighted by Crippen LogP contribution is 2.46. The molecule has 4 heteroatoms. The van der Waals surface area contributed by atoms with Crippen molar-refractivity contribution in [3.8, 4) is 0 Å². The highest BCUT2D eigenvalue weighted by Gasteiger charge is 2.41. The smallest absolute Gasteiger partial charge is 0.339 e. The minimum absolute atomic E-state index is 0.200. The van der Waals surface area contributed by atoms with Gasteiger partial charge in [-0.1, -0.05) is 17.7 Å². The molecular formula is C14H16ClNO2. The predicted molar refractivity (Wildman–Crippen MR) is 71.3 cm³/mol. The van der Waals surface area contributed by atoms with E-state index in [1.165, 1.54) is 25.7 Å². The van der Waals surface area contributed by atoms with Gasteiger partial charge in [0.2, 0.25) is 0 Å². The third-order valence-corrected chi connectivity index (χ3v) is 4.12. The van der Waals surface area contributed by atoms with Crippen molar-refractivity contribution in [2.24, 2.45) is 11.8 Å². The van der Waals surface area contributed by atoms with Crippen LogP contribution >= 0.6 is 11.6 Å². The number of carbonyl (C=O) groups is 1. The fraction of sp³-hybridized carbons (Fsp3) is 0.500. The van der Waals surface area contributed by atoms with E-state index in [4.69, 9.17) is 11.6 Å². The fourth-order valence-electron chi connectivity index (χ4n) is 2.57. The van der Waals surface area contributed by atoms with E-state index in [-0.39, 0.29) is 5.56 Å². The molecule has 18 heavy (non-hydrogen) atoms. The van der Waals surface area contributed by atoms with Gasteiger partial charge in [-0.25, -0.2) is 4.79 Å². The summed E-state index contributed by atoms with van der Waals surface area (Å²) >= 11 is 5.98. The number of halogens is 1. The van der Waals surface area contributed by atoms with Crippen LogP contribution in [0.4, 0.5) is 5.69 Å². The van der Waals surface area contributed by atoms with Gasteiger partial charge in [-0.15, -0.1) is 0 Å². The number of hydrogen-bond acceptors (Lipinski definition) is 2. The molecule has 0 saturated heterocycles. The monoisotopic (exact) mass is 265 g/mol. The molecule has 3 nitrogen and oxygen atoms in total. The maximum absolute atomic E-state index is 11.3. The predicted octanol–water partition coefficient (Wildman–Crippen LogP) is 3.64. The zero-order chi connectivity index (χ0) is 12.7. The van der Waals surface area contributed by atoms with Crippen LogP contribution in [-0.4, -0.2) is 17.1 Å². The molecule has 0 aliphatic heterocycles. The summed E-state index contributed by atoms with van der Waals surface area (Å²) in [4.78, 5) is 11.3. The minimum Gasteiger partial charge on any atom is -0.478 e. The first-order chi connectivity index (χ1) is 8.66. The van der Waals surface area contributed by atoms with E-state index in [0.29, 0.717) is 16.8 Å². The first kappa shape index (κ1) is 11.8. The van der Waals surface area contributed by atoms with Crippen molar-refractivity contribution in [1.29, 1.82) is 0 Å². The SMILES string of the molecule is O=C(O)c1c(Cl)cccc1NC(C1CC1)C1CC1. The van der Waals surface area contributed by atoms with Crippen LogP contribution < -0.4 is 5.32 Å². The first-order valence-corrected chi connectivity index (χ1v) is 6.83. The van der Waals surface area contributed by atoms with Crippen LogP contribution in [0.5, 0.6) is 0 Å². The summed E-state index contributed by atoms with van der Waals surface area (Å²) in [5.74, 6) is 0.477. The minimum atomic E-state index is -0.964.